The minimum atomic E-state index is -3.60. The van der Waals surface area contributed by atoms with Crippen LogP contribution < -0.4 is 4.83 Å². The van der Waals surface area contributed by atoms with E-state index in [1.165, 1.54) is 6.07 Å². The molecule has 1 aliphatic heterocycles. The van der Waals surface area contributed by atoms with E-state index in [4.69, 9.17) is 16.3 Å². The summed E-state index contributed by atoms with van der Waals surface area (Å²) < 4.78 is 29.9. The summed E-state index contributed by atoms with van der Waals surface area (Å²) in [5.41, 5.74) is 0.660. The average molecular weight is 328 g/mol. The Balaban J connectivity index is 1.89. The number of hydrazine groups is 1. The summed E-state index contributed by atoms with van der Waals surface area (Å²) in [6, 6.07) is 8.14. The molecule has 0 radical (unpaired) electrons. The van der Waals surface area contributed by atoms with E-state index >= 15 is 0 Å². The van der Waals surface area contributed by atoms with Gasteiger partial charge in [-0.15, -0.1) is 4.83 Å². The minimum absolute atomic E-state index is 0.200. The van der Waals surface area contributed by atoms with E-state index in [-0.39, 0.29) is 4.90 Å². The van der Waals surface area contributed by atoms with Crippen molar-refractivity contribution in [3.63, 3.8) is 0 Å². The van der Waals surface area contributed by atoms with E-state index in [1.54, 1.807) is 29.3 Å². The minimum Gasteiger partial charge on any atom is -0.379 e. The maximum absolute atomic E-state index is 12.4. The van der Waals surface area contributed by atoms with Gasteiger partial charge in [0.15, 0.2) is 0 Å². The largest absolute Gasteiger partial charge is 0.379 e. The number of rotatable bonds is 3. The second kappa shape index (κ2) is 5.86. The Kier molecular flexibility index (Phi) is 4.10. The van der Waals surface area contributed by atoms with Gasteiger partial charge < -0.3 is 4.74 Å². The maximum atomic E-state index is 12.4. The third-order valence-corrected chi connectivity index (χ3v) is 4.78. The Hall–Kier alpha value is -1.25. The molecule has 1 saturated heterocycles. The highest BCUT2D eigenvalue weighted by molar-refractivity contribution is 7.89. The number of aromatic nitrogens is 1. The van der Waals surface area contributed by atoms with Gasteiger partial charge in [0.25, 0.3) is 10.0 Å². The highest BCUT2D eigenvalue weighted by atomic mass is 35.5. The first-order valence-electron chi connectivity index (χ1n) is 6.46. The van der Waals surface area contributed by atoms with Gasteiger partial charge in [-0.1, -0.05) is 11.6 Å². The molecule has 1 fully saturated rings. The molecule has 0 amide bonds. The first-order valence-corrected chi connectivity index (χ1v) is 8.32. The summed E-state index contributed by atoms with van der Waals surface area (Å²) in [4.78, 5) is 6.90. The lowest BCUT2D eigenvalue weighted by atomic mass is 10.2. The van der Waals surface area contributed by atoms with Crippen molar-refractivity contribution in [1.82, 2.24) is 14.8 Å². The monoisotopic (exact) mass is 327 g/mol. The van der Waals surface area contributed by atoms with E-state index in [9.17, 15) is 8.42 Å². The van der Waals surface area contributed by atoms with Gasteiger partial charge in [-0.05, 0) is 30.3 Å². The van der Waals surface area contributed by atoms with E-state index in [1.807, 2.05) is 0 Å². The summed E-state index contributed by atoms with van der Waals surface area (Å²) in [5, 5.41) is 2.75. The Morgan fingerprint density at radius 2 is 1.95 bits per heavy atom. The van der Waals surface area contributed by atoms with Crippen LogP contribution in [0.1, 0.15) is 0 Å². The molecule has 0 atom stereocenters. The van der Waals surface area contributed by atoms with E-state index < -0.39 is 10.0 Å². The van der Waals surface area contributed by atoms with Gasteiger partial charge in [-0.2, -0.15) is 0 Å². The fraction of sp³-hybridized carbons (Fsp3) is 0.308. The summed E-state index contributed by atoms with van der Waals surface area (Å²) in [6.07, 6.45) is 0. The zero-order valence-corrected chi connectivity index (χ0v) is 12.7. The molecule has 0 unspecified atom stereocenters. The predicted molar refractivity (Wildman–Crippen MR) is 79.5 cm³/mol. The van der Waals surface area contributed by atoms with Crippen LogP contribution in [0.25, 0.3) is 10.9 Å². The number of sulfonamides is 1. The summed E-state index contributed by atoms with van der Waals surface area (Å²) in [7, 11) is -3.60. The average Bonchev–Trinajstić information content (AvgIpc) is 2.47. The van der Waals surface area contributed by atoms with E-state index in [0.29, 0.717) is 37.0 Å². The van der Waals surface area contributed by atoms with E-state index in [0.717, 1.165) is 5.39 Å². The Morgan fingerprint density at radius 1 is 1.19 bits per heavy atom. The number of fused-ring (bicyclic) bond motifs is 1. The highest BCUT2D eigenvalue weighted by Crippen LogP contribution is 2.20. The molecule has 0 bridgehead atoms. The predicted octanol–water partition coefficient (Wildman–Crippen LogP) is 1.41. The molecule has 0 spiro atoms. The summed E-state index contributed by atoms with van der Waals surface area (Å²) in [6.45, 7) is 2.10. The number of nitrogens with one attached hydrogen (secondary N) is 1. The van der Waals surface area contributed by atoms with Gasteiger partial charge in [0, 0.05) is 18.5 Å². The van der Waals surface area contributed by atoms with Crippen LogP contribution in [0.5, 0.6) is 0 Å². The molecule has 0 saturated carbocycles. The Morgan fingerprint density at radius 3 is 2.71 bits per heavy atom. The van der Waals surface area contributed by atoms with Gasteiger partial charge in [0.05, 0.1) is 23.6 Å². The molecular formula is C13H14ClN3O3S. The zero-order chi connectivity index (χ0) is 14.9. The van der Waals surface area contributed by atoms with Crippen molar-refractivity contribution in [2.45, 2.75) is 4.90 Å². The molecule has 6 nitrogen and oxygen atoms in total. The number of morpholine rings is 1. The zero-order valence-electron chi connectivity index (χ0n) is 11.1. The topological polar surface area (TPSA) is 71.5 Å². The lowest BCUT2D eigenvalue weighted by Gasteiger charge is -2.26. The van der Waals surface area contributed by atoms with Crippen LogP contribution in [-0.4, -0.2) is 44.7 Å². The molecule has 1 aromatic carbocycles. The Bertz CT molecular complexity index is 760. The van der Waals surface area contributed by atoms with Gasteiger partial charge in [-0.3, -0.25) is 0 Å². The number of hydrogen-bond acceptors (Lipinski definition) is 5. The molecular weight excluding hydrogens is 314 g/mol. The number of benzene rings is 1. The smallest absolute Gasteiger partial charge is 0.253 e. The normalized spacial score (nSPS) is 17.2. The molecule has 0 aliphatic carbocycles. The van der Waals surface area contributed by atoms with Crippen molar-refractivity contribution >= 4 is 32.5 Å². The van der Waals surface area contributed by atoms with Crippen molar-refractivity contribution in [3.8, 4) is 0 Å². The van der Waals surface area contributed by atoms with Crippen molar-refractivity contribution < 1.29 is 13.2 Å². The summed E-state index contributed by atoms with van der Waals surface area (Å²) in [5.74, 6) is 0. The lowest BCUT2D eigenvalue weighted by molar-refractivity contribution is 0.0272. The van der Waals surface area contributed by atoms with Crippen LogP contribution in [0.2, 0.25) is 5.15 Å². The Labute approximate surface area is 127 Å². The second-order valence-corrected chi connectivity index (χ2v) is 6.73. The molecule has 112 valence electrons. The van der Waals surface area contributed by atoms with Crippen LogP contribution in [0.15, 0.2) is 35.2 Å². The summed E-state index contributed by atoms with van der Waals surface area (Å²) >= 11 is 5.82. The van der Waals surface area contributed by atoms with Crippen LogP contribution in [0, 0.1) is 0 Å². The molecule has 1 N–H and O–H groups in total. The second-order valence-electron chi connectivity index (χ2n) is 4.68. The van der Waals surface area contributed by atoms with Crippen LogP contribution in [-0.2, 0) is 14.8 Å². The maximum Gasteiger partial charge on any atom is 0.253 e. The molecule has 1 aliphatic rings. The fourth-order valence-electron chi connectivity index (χ4n) is 2.12. The first kappa shape index (κ1) is 14.7. The first-order chi connectivity index (χ1) is 10.0. The van der Waals surface area contributed by atoms with Gasteiger partial charge >= 0.3 is 0 Å². The standard InChI is InChI=1S/C13H14ClN3O3S/c14-13-4-1-10-9-11(2-3-12(10)15-13)21(18,19)16-17-5-7-20-8-6-17/h1-4,9,16H,5-8H2. The molecule has 1 aromatic heterocycles. The van der Waals surface area contributed by atoms with Crippen LogP contribution >= 0.6 is 11.6 Å². The van der Waals surface area contributed by atoms with Gasteiger partial charge in [-0.25, -0.2) is 18.4 Å². The van der Waals surface area contributed by atoms with Gasteiger partial charge in [0.2, 0.25) is 0 Å². The quantitative estimate of drug-likeness (QED) is 0.863. The molecule has 2 aromatic rings. The molecule has 21 heavy (non-hydrogen) atoms. The molecule has 2 heterocycles. The SMILES string of the molecule is O=S(=O)(NN1CCOCC1)c1ccc2nc(Cl)ccc2c1. The fourth-order valence-corrected chi connectivity index (χ4v) is 3.43. The molecule has 8 heteroatoms. The number of hydrogen-bond donors (Lipinski definition) is 1. The van der Waals surface area contributed by atoms with Gasteiger partial charge in [0.1, 0.15) is 5.15 Å². The third-order valence-electron chi connectivity index (χ3n) is 3.20. The highest BCUT2D eigenvalue weighted by Gasteiger charge is 2.20. The van der Waals surface area contributed by atoms with Crippen molar-refractivity contribution in [2.75, 3.05) is 26.3 Å². The number of nitrogens with zero attached hydrogens (tertiary/aromatic N) is 2. The van der Waals surface area contributed by atoms with Crippen LogP contribution in [0.3, 0.4) is 0 Å². The van der Waals surface area contributed by atoms with Crippen molar-refractivity contribution in [2.24, 2.45) is 0 Å². The van der Waals surface area contributed by atoms with Crippen molar-refractivity contribution in [1.29, 1.82) is 0 Å². The van der Waals surface area contributed by atoms with E-state index in [2.05, 4.69) is 9.82 Å². The lowest BCUT2D eigenvalue weighted by Crippen LogP contribution is -2.48. The number of halogens is 1. The number of ether oxygens (including phenoxy) is 1. The number of pyridine rings is 1. The third kappa shape index (κ3) is 3.33. The molecule has 3 rings (SSSR count). The van der Waals surface area contributed by atoms with Crippen molar-refractivity contribution in [3.05, 3.63) is 35.5 Å². The van der Waals surface area contributed by atoms with Crippen LogP contribution in [0.4, 0.5) is 0 Å².